The highest BCUT2D eigenvalue weighted by atomic mass is 79.9. The summed E-state index contributed by atoms with van der Waals surface area (Å²) in [6.07, 6.45) is 0. The van der Waals surface area contributed by atoms with E-state index < -0.39 is 0 Å². The zero-order valence-corrected chi connectivity index (χ0v) is 13.2. The Morgan fingerprint density at radius 2 is 1.63 bits per heavy atom. The van der Waals surface area contributed by atoms with Crippen molar-refractivity contribution in [2.45, 2.75) is 0 Å². The van der Waals surface area contributed by atoms with Crippen LogP contribution in [0.5, 0.6) is 0 Å². The first-order valence-corrected chi connectivity index (χ1v) is 7.12. The molecule has 0 saturated heterocycles. The van der Waals surface area contributed by atoms with Gasteiger partial charge < -0.3 is 5.32 Å². The predicted molar refractivity (Wildman–Crippen MR) is 83.6 cm³/mol. The SMILES string of the molecule is O=C(Nc1c(Cl)cccc1Cl)c1ccc(Br)c(Cl)c1. The molecule has 0 atom stereocenters. The highest BCUT2D eigenvalue weighted by molar-refractivity contribution is 9.10. The Kier molecular flexibility index (Phi) is 4.74. The number of anilines is 1. The molecule has 2 aromatic rings. The molecule has 1 amide bonds. The Hall–Kier alpha value is -0.740. The van der Waals surface area contributed by atoms with Gasteiger partial charge in [0, 0.05) is 10.0 Å². The van der Waals surface area contributed by atoms with Crippen molar-refractivity contribution < 1.29 is 4.79 Å². The lowest BCUT2D eigenvalue weighted by Crippen LogP contribution is -2.12. The molecule has 19 heavy (non-hydrogen) atoms. The topological polar surface area (TPSA) is 29.1 Å². The number of nitrogens with one attached hydrogen (secondary N) is 1. The highest BCUT2D eigenvalue weighted by Gasteiger charge is 2.12. The van der Waals surface area contributed by atoms with Crippen LogP contribution in [0.4, 0.5) is 5.69 Å². The molecule has 1 N–H and O–H groups in total. The molecular weight excluding hydrogens is 372 g/mol. The molecular formula is C13H7BrCl3NO. The van der Waals surface area contributed by atoms with E-state index in [1.807, 2.05) is 0 Å². The van der Waals surface area contributed by atoms with Crippen LogP contribution < -0.4 is 5.32 Å². The van der Waals surface area contributed by atoms with Gasteiger partial charge in [-0.2, -0.15) is 0 Å². The number of benzene rings is 2. The molecule has 0 aliphatic heterocycles. The van der Waals surface area contributed by atoms with Crippen molar-refractivity contribution in [3.63, 3.8) is 0 Å². The molecule has 0 bridgehead atoms. The van der Waals surface area contributed by atoms with E-state index in [0.29, 0.717) is 26.3 Å². The fraction of sp³-hybridized carbons (Fsp3) is 0. The lowest BCUT2D eigenvalue weighted by molar-refractivity contribution is 0.102. The van der Waals surface area contributed by atoms with E-state index in [4.69, 9.17) is 34.8 Å². The third kappa shape index (κ3) is 3.42. The molecule has 0 unspecified atom stereocenters. The van der Waals surface area contributed by atoms with E-state index in [9.17, 15) is 4.79 Å². The second-order valence-electron chi connectivity index (χ2n) is 3.68. The number of amides is 1. The van der Waals surface area contributed by atoms with Crippen LogP contribution in [0.1, 0.15) is 10.4 Å². The zero-order valence-electron chi connectivity index (χ0n) is 9.38. The van der Waals surface area contributed by atoms with Gasteiger partial charge in [0.15, 0.2) is 0 Å². The molecule has 0 heterocycles. The van der Waals surface area contributed by atoms with Gasteiger partial charge in [0.1, 0.15) is 0 Å². The van der Waals surface area contributed by atoms with Crippen molar-refractivity contribution in [1.82, 2.24) is 0 Å². The number of rotatable bonds is 2. The minimum Gasteiger partial charge on any atom is -0.319 e. The first-order valence-electron chi connectivity index (χ1n) is 5.19. The maximum atomic E-state index is 12.1. The Morgan fingerprint density at radius 1 is 1.00 bits per heavy atom. The van der Waals surface area contributed by atoms with Crippen molar-refractivity contribution >= 4 is 62.3 Å². The largest absolute Gasteiger partial charge is 0.319 e. The van der Waals surface area contributed by atoms with Gasteiger partial charge in [0.25, 0.3) is 5.91 Å². The van der Waals surface area contributed by atoms with Gasteiger partial charge in [0.2, 0.25) is 0 Å². The number of carbonyl (C=O) groups is 1. The molecule has 2 rings (SSSR count). The molecule has 0 aromatic heterocycles. The van der Waals surface area contributed by atoms with Crippen molar-refractivity contribution in [2.24, 2.45) is 0 Å². The normalized spacial score (nSPS) is 10.3. The predicted octanol–water partition coefficient (Wildman–Crippen LogP) is 5.66. The lowest BCUT2D eigenvalue weighted by Gasteiger charge is -2.09. The number of halogens is 4. The number of hydrogen-bond donors (Lipinski definition) is 1. The quantitative estimate of drug-likeness (QED) is 0.716. The third-order valence-corrected chi connectivity index (χ3v) is 4.25. The van der Waals surface area contributed by atoms with Gasteiger partial charge >= 0.3 is 0 Å². The summed E-state index contributed by atoms with van der Waals surface area (Å²) >= 11 is 21.2. The fourth-order valence-electron chi connectivity index (χ4n) is 1.44. The summed E-state index contributed by atoms with van der Waals surface area (Å²) < 4.78 is 0.724. The maximum absolute atomic E-state index is 12.1. The zero-order chi connectivity index (χ0) is 14.0. The first-order chi connectivity index (χ1) is 8.99. The van der Waals surface area contributed by atoms with Crippen LogP contribution in [0, 0.1) is 0 Å². The molecule has 0 aliphatic carbocycles. The van der Waals surface area contributed by atoms with E-state index in [0.717, 1.165) is 4.47 Å². The van der Waals surface area contributed by atoms with Crippen LogP contribution in [0.2, 0.25) is 15.1 Å². The molecule has 6 heteroatoms. The van der Waals surface area contributed by atoms with Gasteiger partial charge in [0.05, 0.1) is 20.8 Å². The van der Waals surface area contributed by atoms with Crippen LogP contribution in [-0.4, -0.2) is 5.91 Å². The average molecular weight is 379 g/mol. The third-order valence-electron chi connectivity index (χ3n) is 2.38. The summed E-state index contributed by atoms with van der Waals surface area (Å²) in [4.78, 5) is 12.1. The summed E-state index contributed by atoms with van der Waals surface area (Å²) in [5.74, 6) is -0.329. The van der Waals surface area contributed by atoms with E-state index in [-0.39, 0.29) is 5.91 Å². The molecule has 0 spiro atoms. The summed E-state index contributed by atoms with van der Waals surface area (Å²) in [5, 5.41) is 3.88. The number of para-hydroxylation sites is 1. The van der Waals surface area contributed by atoms with Gasteiger partial charge in [-0.15, -0.1) is 0 Å². The Morgan fingerprint density at radius 3 is 2.21 bits per heavy atom. The Balaban J connectivity index is 2.28. The average Bonchev–Trinajstić information content (AvgIpc) is 2.37. The van der Waals surface area contributed by atoms with Crippen LogP contribution >= 0.6 is 50.7 Å². The van der Waals surface area contributed by atoms with Crippen molar-refractivity contribution in [2.75, 3.05) is 5.32 Å². The smallest absolute Gasteiger partial charge is 0.255 e. The van der Waals surface area contributed by atoms with Crippen LogP contribution in [0.25, 0.3) is 0 Å². The minimum atomic E-state index is -0.329. The number of carbonyl (C=O) groups excluding carboxylic acids is 1. The molecule has 2 nitrogen and oxygen atoms in total. The van der Waals surface area contributed by atoms with Gasteiger partial charge in [-0.1, -0.05) is 40.9 Å². The lowest BCUT2D eigenvalue weighted by atomic mass is 10.2. The summed E-state index contributed by atoms with van der Waals surface area (Å²) in [6.45, 7) is 0. The molecule has 2 aromatic carbocycles. The molecule has 0 saturated carbocycles. The standard InChI is InChI=1S/C13H7BrCl3NO/c14-8-5-4-7(6-11(8)17)13(19)18-12-9(15)2-1-3-10(12)16/h1-6H,(H,18,19). The van der Waals surface area contributed by atoms with E-state index in [1.54, 1.807) is 36.4 Å². The second kappa shape index (κ2) is 6.14. The molecule has 98 valence electrons. The number of hydrogen-bond acceptors (Lipinski definition) is 1. The minimum absolute atomic E-state index is 0.329. The van der Waals surface area contributed by atoms with Crippen LogP contribution in [-0.2, 0) is 0 Å². The van der Waals surface area contributed by atoms with Crippen LogP contribution in [0.3, 0.4) is 0 Å². The fourth-order valence-corrected chi connectivity index (χ4v) is 2.36. The van der Waals surface area contributed by atoms with Gasteiger partial charge in [-0.3, -0.25) is 4.79 Å². The first kappa shape index (κ1) is 14.7. The van der Waals surface area contributed by atoms with E-state index >= 15 is 0 Å². The Labute approximate surface area is 133 Å². The van der Waals surface area contributed by atoms with Crippen molar-refractivity contribution in [3.05, 3.63) is 61.5 Å². The Bertz CT molecular complexity index is 626. The van der Waals surface area contributed by atoms with Gasteiger partial charge in [-0.05, 0) is 46.3 Å². The van der Waals surface area contributed by atoms with E-state index in [2.05, 4.69) is 21.2 Å². The molecule has 0 radical (unpaired) electrons. The monoisotopic (exact) mass is 377 g/mol. The van der Waals surface area contributed by atoms with Crippen molar-refractivity contribution in [1.29, 1.82) is 0 Å². The van der Waals surface area contributed by atoms with Crippen LogP contribution in [0.15, 0.2) is 40.9 Å². The summed E-state index contributed by atoms with van der Waals surface area (Å²) in [5.41, 5.74) is 0.805. The highest BCUT2D eigenvalue weighted by Crippen LogP contribution is 2.30. The summed E-state index contributed by atoms with van der Waals surface area (Å²) in [6, 6.07) is 9.92. The summed E-state index contributed by atoms with van der Waals surface area (Å²) in [7, 11) is 0. The molecule has 0 fully saturated rings. The second-order valence-corrected chi connectivity index (χ2v) is 5.76. The maximum Gasteiger partial charge on any atom is 0.255 e. The van der Waals surface area contributed by atoms with Crippen molar-refractivity contribution in [3.8, 4) is 0 Å². The van der Waals surface area contributed by atoms with E-state index in [1.165, 1.54) is 0 Å². The van der Waals surface area contributed by atoms with Gasteiger partial charge in [-0.25, -0.2) is 0 Å². The molecule has 0 aliphatic rings.